The molecule has 1 heterocycles. The Morgan fingerprint density at radius 1 is 1.53 bits per heavy atom. The van der Waals surface area contributed by atoms with Crippen LogP contribution >= 0.6 is 12.2 Å². The van der Waals surface area contributed by atoms with E-state index in [2.05, 4.69) is 0 Å². The molecule has 0 radical (unpaired) electrons. The summed E-state index contributed by atoms with van der Waals surface area (Å²) in [7, 11) is 1.37. The molecule has 5 heteroatoms. The standard InChI is InChI=1S/C10H15NO3S/c1-7(12)6-9(15)11-5-3-4-8(11)10(13)14-2/h8H,3-6H2,1-2H3. The molecule has 0 N–H and O–H groups in total. The first-order chi connectivity index (χ1) is 7.06. The molecule has 1 fully saturated rings. The molecule has 1 aliphatic heterocycles. The van der Waals surface area contributed by atoms with Crippen molar-refractivity contribution in [3.05, 3.63) is 0 Å². The molecule has 0 bridgehead atoms. The summed E-state index contributed by atoms with van der Waals surface area (Å²) >= 11 is 5.13. The summed E-state index contributed by atoms with van der Waals surface area (Å²) in [6.07, 6.45) is 1.91. The van der Waals surface area contributed by atoms with Gasteiger partial charge in [0.2, 0.25) is 0 Å². The normalized spacial score (nSPS) is 20.1. The number of methoxy groups -OCH3 is 1. The number of Topliss-reactive ketones (excluding diaryl/α,β-unsaturated/α-hetero) is 1. The van der Waals surface area contributed by atoms with Gasteiger partial charge < -0.3 is 9.64 Å². The lowest BCUT2D eigenvalue weighted by Gasteiger charge is -2.24. The highest BCUT2D eigenvalue weighted by molar-refractivity contribution is 7.80. The van der Waals surface area contributed by atoms with Crippen molar-refractivity contribution in [2.75, 3.05) is 13.7 Å². The summed E-state index contributed by atoms with van der Waals surface area (Å²) in [5, 5.41) is 0. The number of likely N-dealkylation sites (tertiary alicyclic amines) is 1. The van der Waals surface area contributed by atoms with Crippen LogP contribution in [0.5, 0.6) is 0 Å². The fourth-order valence-electron chi connectivity index (χ4n) is 1.76. The number of nitrogens with zero attached hydrogens (tertiary/aromatic N) is 1. The Morgan fingerprint density at radius 3 is 2.73 bits per heavy atom. The van der Waals surface area contributed by atoms with E-state index in [9.17, 15) is 9.59 Å². The fourth-order valence-corrected chi connectivity index (χ4v) is 2.18. The Bertz CT molecular complexity index is 290. The van der Waals surface area contributed by atoms with Crippen LogP contribution in [-0.4, -0.2) is 41.3 Å². The molecule has 0 spiro atoms. The second-order valence-electron chi connectivity index (χ2n) is 3.65. The first-order valence-electron chi connectivity index (χ1n) is 4.93. The maximum atomic E-state index is 11.4. The quantitative estimate of drug-likeness (QED) is 0.532. The molecule has 84 valence electrons. The van der Waals surface area contributed by atoms with Gasteiger partial charge in [-0.25, -0.2) is 4.79 Å². The summed E-state index contributed by atoms with van der Waals surface area (Å²) in [6.45, 7) is 2.24. The van der Waals surface area contributed by atoms with Crippen molar-refractivity contribution in [2.24, 2.45) is 0 Å². The summed E-state index contributed by atoms with van der Waals surface area (Å²) in [6, 6.07) is -0.290. The lowest BCUT2D eigenvalue weighted by atomic mass is 10.2. The van der Waals surface area contributed by atoms with E-state index in [0.717, 1.165) is 19.4 Å². The number of ether oxygens (including phenoxy) is 1. The molecule has 0 aliphatic carbocycles. The number of hydrogen-bond donors (Lipinski definition) is 0. The van der Waals surface area contributed by atoms with E-state index in [4.69, 9.17) is 17.0 Å². The predicted octanol–water partition coefficient (Wildman–Crippen LogP) is 0.930. The SMILES string of the molecule is COC(=O)C1CCCN1C(=S)CC(C)=O. The minimum Gasteiger partial charge on any atom is -0.467 e. The van der Waals surface area contributed by atoms with E-state index in [1.165, 1.54) is 14.0 Å². The zero-order valence-corrected chi connectivity index (χ0v) is 9.80. The van der Waals surface area contributed by atoms with E-state index in [1.807, 2.05) is 4.90 Å². The third kappa shape index (κ3) is 2.99. The van der Waals surface area contributed by atoms with Gasteiger partial charge in [0.15, 0.2) is 0 Å². The van der Waals surface area contributed by atoms with Gasteiger partial charge in [0, 0.05) is 6.54 Å². The zero-order valence-electron chi connectivity index (χ0n) is 8.99. The minimum absolute atomic E-state index is 0.0236. The lowest BCUT2D eigenvalue weighted by molar-refractivity contribution is -0.144. The van der Waals surface area contributed by atoms with Crippen molar-refractivity contribution < 1.29 is 14.3 Å². The smallest absolute Gasteiger partial charge is 0.328 e. The third-order valence-electron chi connectivity index (χ3n) is 2.45. The van der Waals surface area contributed by atoms with Crippen molar-refractivity contribution in [2.45, 2.75) is 32.2 Å². The van der Waals surface area contributed by atoms with Crippen LogP contribution in [0.15, 0.2) is 0 Å². The third-order valence-corrected chi connectivity index (χ3v) is 2.83. The molecular formula is C10H15NO3S. The maximum Gasteiger partial charge on any atom is 0.328 e. The molecule has 0 aromatic carbocycles. The van der Waals surface area contributed by atoms with Crippen LogP contribution in [0.4, 0.5) is 0 Å². The molecule has 0 amide bonds. The van der Waals surface area contributed by atoms with Crippen molar-refractivity contribution in [3.8, 4) is 0 Å². The molecule has 1 rings (SSSR count). The Hall–Kier alpha value is -0.970. The predicted molar refractivity (Wildman–Crippen MR) is 59.6 cm³/mol. The van der Waals surface area contributed by atoms with Crippen LogP contribution in [0, 0.1) is 0 Å². The highest BCUT2D eigenvalue weighted by atomic mass is 32.1. The van der Waals surface area contributed by atoms with Crippen LogP contribution in [0.25, 0.3) is 0 Å². The van der Waals surface area contributed by atoms with Gasteiger partial charge in [-0.2, -0.15) is 0 Å². The molecule has 0 aromatic rings. The van der Waals surface area contributed by atoms with E-state index in [1.54, 1.807) is 0 Å². The van der Waals surface area contributed by atoms with Crippen molar-refractivity contribution in [3.63, 3.8) is 0 Å². The van der Waals surface area contributed by atoms with E-state index in [0.29, 0.717) is 4.99 Å². The summed E-state index contributed by atoms with van der Waals surface area (Å²) in [4.78, 5) is 24.7. The molecule has 1 atom stereocenters. The number of carbonyl (C=O) groups excluding carboxylic acids is 2. The number of rotatable bonds is 3. The molecule has 1 unspecified atom stereocenters. The van der Waals surface area contributed by atoms with Gasteiger partial charge in [-0.15, -0.1) is 0 Å². The number of hydrogen-bond acceptors (Lipinski definition) is 4. The summed E-state index contributed by atoms with van der Waals surface area (Å²) in [5.41, 5.74) is 0. The average Bonchev–Trinajstić information content (AvgIpc) is 2.63. The second kappa shape index (κ2) is 5.21. The number of thiocarbonyl (C=S) groups is 1. The van der Waals surface area contributed by atoms with Crippen LogP contribution in [0.2, 0.25) is 0 Å². The Kier molecular flexibility index (Phi) is 4.20. The minimum atomic E-state index is -0.290. The molecular weight excluding hydrogens is 214 g/mol. The average molecular weight is 229 g/mol. The summed E-state index contributed by atoms with van der Waals surface area (Å²) in [5.74, 6) is -0.242. The van der Waals surface area contributed by atoms with Gasteiger partial charge in [0.05, 0.1) is 18.5 Å². The molecule has 1 aliphatic rings. The monoisotopic (exact) mass is 229 g/mol. The van der Waals surface area contributed by atoms with E-state index < -0.39 is 0 Å². The Labute approximate surface area is 94.6 Å². The van der Waals surface area contributed by atoms with Gasteiger partial charge >= 0.3 is 5.97 Å². The van der Waals surface area contributed by atoms with Crippen LogP contribution in [0.3, 0.4) is 0 Å². The fraction of sp³-hybridized carbons (Fsp3) is 0.700. The second-order valence-corrected chi connectivity index (χ2v) is 4.12. The van der Waals surface area contributed by atoms with Gasteiger partial charge in [0.25, 0.3) is 0 Å². The van der Waals surface area contributed by atoms with Crippen LogP contribution < -0.4 is 0 Å². The molecule has 15 heavy (non-hydrogen) atoms. The van der Waals surface area contributed by atoms with Crippen molar-refractivity contribution in [1.82, 2.24) is 4.90 Å². The number of ketones is 1. The molecule has 0 aromatic heterocycles. The van der Waals surface area contributed by atoms with Gasteiger partial charge in [-0.1, -0.05) is 12.2 Å². The highest BCUT2D eigenvalue weighted by Gasteiger charge is 2.32. The summed E-state index contributed by atoms with van der Waals surface area (Å²) < 4.78 is 4.69. The van der Waals surface area contributed by atoms with Gasteiger partial charge in [-0.3, -0.25) is 4.79 Å². The highest BCUT2D eigenvalue weighted by Crippen LogP contribution is 2.20. The van der Waals surface area contributed by atoms with Crippen molar-refractivity contribution >= 4 is 29.0 Å². The van der Waals surface area contributed by atoms with Crippen LogP contribution in [0.1, 0.15) is 26.2 Å². The molecule has 1 saturated heterocycles. The van der Waals surface area contributed by atoms with Gasteiger partial charge in [0.1, 0.15) is 11.8 Å². The molecule has 0 saturated carbocycles. The first-order valence-corrected chi connectivity index (χ1v) is 5.34. The van der Waals surface area contributed by atoms with E-state index in [-0.39, 0.29) is 24.2 Å². The Balaban J connectivity index is 2.63. The van der Waals surface area contributed by atoms with Crippen molar-refractivity contribution in [1.29, 1.82) is 0 Å². The van der Waals surface area contributed by atoms with E-state index >= 15 is 0 Å². The lowest BCUT2D eigenvalue weighted by Crippen LogP contribution is -2.40. The maximum absolute atomic E-state index is 11.4. The number of esters is 1. The molecule has 4 nitrogen and oxygen atoms in total. The van der Waals surface area contributed by atoms with Gasteiger partial charge in [-0.05, 0) is 19.8 Å². The zero-order chi connectivity index (χ0) is 11.4. The number of carbonyl (C=O) groups is 2. The largest absolute Gasteiger partial charge is 0.467 e. The first kappa shape index (κ1) is 12.1. The topological polar surface area (TPSA) is 46.6 Å². The van der Waals surface area contributed by atoms with Crippen LogP contribution in [-0.2, 0) is 14.3 Å². The Morgan fingerprint density at radius 2 is 2.20 bits per heavy atom.